The molecule has 1 heterocycles. The number of rotatable bonds is 3. The number of nitrogens with two attached hydrogens (primary N) is 1. The fourth-order valence-electron chi connectivity index (χ4n) is 1.96. The van der Waals surface area contributed by atoms with Crippen LogP contribution >= 0.6 is 39.7 Å². The van der Waals surface area contributed by atoms with Crippen molar-refractivity contribution in [2.24, 2.45) is 5.73 Å². The molecule has 0 saturated carbocycles. The summed E-state index contributed by atoms with van der Waals surface area (Å²) in [5.41, 5.74) is 9.15. The van der Waals surface area contributed by atoms with Gasteiger partial charge in [-0.05, 0) is 43.7 Å². The first-order valence-corrected chi connectivity index (χ1v) is 7.46. The van der Waals surface area contributed by atoms with Gasteiger partial charge in [-0.15, -0.1) is 0 Å². The second kappa shape index (κ2) is 6.08. The number of halogens is 2. The molecule has 0 aliphatic heterocycles. The van der Waals surface area contributed by atoms with Gasteiger partial charge in [0.2, 0.25) is 0 Å². The summed E-state index contributed by atoms with van der Waals surface area (Å²) in [6.45, 7) is 3.88. The molecule has 2 rings (SSSR count). The summed E-state index contributed by atoms with van der Waals surface area (Å²) in [4.78, 5) is 4.78. The van der Waals surface area contributed by atoms with E-state index >= 15 is 0 Å². The average Bonchev–Trinajstić information content (AvgIpc) is 2.32. The van der Waals surface area contributed by atoms with E-state index in [0.717, 1.165) is 27.0 Å². The minimum Gasteiger partial charge on any atom is -0.389 e. The zero-order valence-electron chi connectivity index (χ0n) is 11.0. The van der Waals surface area contributed by atoms with Gasteiger partial charge >= 0.3 is 0 Å². The SMILES string of the molecule is Cc1cc(C)c(C(N)=S)c(Nc2cc(Br)ccc2Cl)n1. The Morgan fingerprint density at radius 2 is 2.05 bits per heavy atom. The Morgan fingerprint density at radius 3 is 2.70 bits per heavy atom. The number of anilines is 2. The predicted molar refractivity (Wildman–Crippen MR) is 92.0 cm³/mol. The maximum atomic E-state index is 6.18. The number of thiocarbonyl (C=S) groups is 1. The predicted octanol–water partition coefficient (Wildman–Crippen LogP) is 4.49. The smallest absolute Gasteiger partial charge is 0.141 e. The Hall–Kier alpha value is -1.17. The third-order valence-electron chi connectivity index (χ3n) is 2.77. The normalized spacial score (nSPS) is 10.4. The summed E-state index contributed by atoms with van der Waals surface area (Å²) in [5, 5.41) is 3.80. The van der Waals surface area contributed by atoms with Gasteiger partial charge in [0.25, 0.3) is 0 Å². The van der Waals surface area contributed by atoms with Crippen LogP contribution in [0, 0.1) is 13.8 Å². The van der Waals surface area contributed by atoms with Gasteiger partial charge in [-0.1, -0.05) is 39.7 Å². The fourth-order valence-corrected chi connectivity index (χ4v) is 2.74. The van der Waals surface area contributed by atoms with E-state index in [9.17, 15) is 0 Å². The molecule has 3 nitrogen and oxygen atoms in total. The van der Waals surface area contributed by atoms with E-state index < -0.39 is 0 Å². The molecule has 3 N–H and O–H groups in total. The van der Waals surface area contributed by atoms with Crippen LogP contribution in [0.25, 0.3) is 0 Å². The zero-order chi connectivity index (χ0) is 14.9. The van der Waals surface area contributed by atoms with Crippen molar-refractivity contribution >= 4 is 56.2 Å². The first-order chi connectivity index (χ1) is 9.38. The van der Waals surface area contributed by atoms with Gasteiger partial charge in [0, 0.05) is 10.2 Å². The van der Waals surface area contributed by atoms with E-state index in [0.29, 0.717) is 15.8 Å². The van der Waals surface area contributed by atoms with Crippen molar-refractivity contribution in [3.05, 3.63) is 50.6 Å². The van der Waals surface area contributed by atoms with Gasteiger partial charge in [0.05, 0.1) is 16.3 Å². The standard InChI is InChI=1S/C14H13BrClN3S/c1-7-5-8(2)18-14(12(7)13(17)20)19-11-6-9(15)3-4-10(11)16/h3-6H,1-2H3,(H2,17,20)(H,18,19). The number of hydrogen-bond acceptors (Lipinski definition) is 3. The van der Waals surface area contributed by atoms with E-state index in [1.165, 1.54) is 0 Å². The number of nitrogens with zero attached hydrogens (tertiary/aromatic N) is 1. The highest BCUT2D eigenvalue weighted by molar-refractivity contribution is 9.10. The topological polar surface area (TPSA) is 50.9 Å². The molecule has 0 unspecified atom stereocenters. The lowest BCUT2D eigenvalue weighted by molar-refractivity contribution is 1.17. The van der Waals surface area contributed by atoms with Crippen LogP contribution in [0.2, 0.25) is 5.02 Å². The molecule has 0 saturated heterocycles. The molecule has 20 heavy (non-hydrogen) atoms. The van der Waals surface area contributed by atoms with Crippen LogP contribution in [0.4, 0.5) is 11.5 Å². The highest BCUT2D eigenvalue weighted by atomic mass is 79.9. The molecule has 104 valence electrons. The first-order valence-electron chi connectivity index (χ1n) is 5.88. The Balaban J connectivity index is 2.53. The molecular weight excluding hydrogens is 358 g/mol. The van der Waals surface area contributed by atoms with Gasteiger partial charge in [0.15, 0.2) is 0 Å². The highest BCUT2D eigenvalue weighted by Crippen LogP contribution is 2.30. The maximum Gasteiger partial charge on any atom is 0.141 e. The minimum atomic E-state index is 0.309. The zero-order valence-corrected chi connectivity index (χ0v) is 14.2. The first kappa shape index (κ1) is 15.2. The average molecular weight is 371 g/mol. The van der Waals surface area contributed by atoms with Crippen molar-refractivity contribution in [3.63, 3.8) is 0 Å². The van der Waals surface area contributed by atoms with Crippen molar-refractivity contribution < 1.29 is 0 Å². The van der Waals surface area contributed by atoms with Crippen LogP contribution in [0.1, 0.15) is 16.8 Å². The number of benzene rings is 1. The van der Waals surface area contributed by atoms with Crippen LogP contribution in [0.15, 0.2) is 28.7 Å². The molecule has 0 amide bonds. The quantitative estimate of drug-likeness (QED) is 0.781. The summed E-state index contributed by atoms with van der Waals surface area (Å²) in [6, 6.07) is 7.50. The molecular formula is C14H13BrClN3S. The van der Waals surface area contributed by atoms with Gasteiger partial charge in [0.1, 0.15) is 10.8 Å². The lowest BCUT2D eigenvalue weighted by Crippen LogP contribution is -2.15. The Kier molecular flexibility index (Phi) is 4.62. The van der Waals surface area contributed by atoms with Crippen molar-refractivity contribution in [3.8, 4) is 0 Å². The number of nitrogens with one attached hydrogen (secondary N) is 1. The van der Waals surface area contributed by atoms with Crippen molar-refractivity contribution in [1.82, 2.24) is 4.98 Å². The summed E-state index contributed by atoms with van der Waals surface area (Å²) in [5.74, 6) is 0.620. The molecule has 0 bridgehead atoms. The van der Waals surface area contributed by atoms with Crippen LogP contribution in [-0.4, -0.2) is 9.97 Å². The van der Waals surface area contributed by atoms with Crippen molar-refractivity contribution in [2.45, 2.75) is 13.8 Å². The summed E-state index contributed by atoms with van der Waals surface area (Å²) < 4.78 is 0.922. The molecule has 1 aromatic carbocycles. The number of pyridine rings is 1. The van der Waals surface area contributed by atoms with Crippen LogP contribution in [0.3, 0.4) is 0 Å². The third-order valence-corrected chi connectivity index (χ3v) is 3.80. The molecule has 1 aromatic heterocycles. The van der Waals surface area contributed by atoms with Gasteiger partial charge < -0.3 is 11.1 Å². The number of hydrogen-bond donors (Lipinski definition) is 2. The summed E-state index contributed by atoms with van der Waals surface area (Å²) >= 11 is 14.7. The summed E-state index contributed by atoms with van der Waals surface area (Å²) in [7, 11) is 0. The van der Waals surface area contributed by atoms with Crippen LogP contribution in [0.5, 0.6) is 0 Å². The maximum absolute atomic E-state index is 6.18. The van der Waals surface area contributed by atoms with E-state index in [-0.39, 0.29) is 0 Å². The molecule has 0 aliphatic carbocycles. The van der Waals surface area contributed by atoms with Crippen molar-refractivity contribution in [2.75, 3.05) is 5.32 Å². The minimum absolute atomic E-state index is 0.309. The Labute approximate surface area is 136 Å². The molecule has 6 heteroatoms. The van der Waals surface area contributed by atoms with E-state index in [4.69, 9.17) is 29.6 Å². The fraction of sp³-hybridized carbons (Fsp3) is 0.143. The van der Waals surface area contributed by atoms with Crippen LogP contribution < -0.4 is 11.1 Å². The molecule has 0 spiro atoms. The molecule has 0 radical (unpaired) electrons. The lowest BCUT2D eigenvalue weighted by atomic mass is 10.1. The Morgan fingerprint density at radius 1 is 1.35 bits per heavy atom. The monoisotopic (exact) mass is 369 g/mol. The summed E-state index contributed by atoms with van der Waals surface area (Å²) in [6.07, 6.45) is 0. The van der Waals surface area contributed by atoms with Gasteiger partial charge in [-0.25, -0.2) is 4.98 Å². The third kappa shape index (κ3) is 3.29. The molecule has 0 aliphatic rings. The van der Waals surface area contributed by atoms with E-state index in [1.54, 1.807) is 6.07 Å². The van der Waals surface area contributed by atoms with E-state index in [1.807, 2.05) is 32.0 Å². The number of aryl methyl sites for hydroxylation is 2. The molecule has 0 fully saturated rings. The van der Waals surface area contributed by atoms with Gasteiger partial charge in [-0.2, -0.15) is 0 Å². The Bertz CT molecular complexity index is 688. The van der Waals surface area contributed by atoms with Gasteiger partial charge in [-0.3, -0.25) is 0 Å². The molecule has 0 atom stereocenters. The van der Waals surface area contributed by atoms with Crippen molar-refractivity contribution in [1.29, 1.82) is 0 Å². The highest BCUT2D eigenvalue weighted by Gasteiger charge is 2.13. The molecule has 2 aromatic rings. The number of aromatic nitrogens is 1. The second-order valence-electron chi connectivity index (χ2n) is 4.42. The lowest BCUT2D eigenvalue weighted by Gasteiger charge is -2.15. The largest absolute Gasteiger partial charge is 0.389 e. The van der Waals surface area contributed by atoms with E-state index in [2.05, 4.69) is 26.2 Å². The van der Waals surface area contributed by atoms with Crippen LogP contribution in [-0.2, 0) is 0 Å². The second-order valence-corrected chi connectivity index (χ2v) is 6.18.